The third-order valence-corrected chi connectivity index (χ3v) is 3.83. The number of hydrogen-bond donors (Lipinski definition) is 0. The molecule has 4 rings (SSSR count). The van der Waals surface area contributed by atoms with Gasteiger partial charge in [-0.25, -0.2) is 8.78 Å². The smallest absolute Gasteiger partial charge is 0.135 e. The monoisotopic (exact) mass is 306 g/mol. The zero-order valence-electron chi connectivity index (χ0n) is 12.1. The fourth-order valence-corrected chi connectivity index (χ4v) is 2.72. The summed E-state index contributed by atoms with van der Waals surface area (Å²) in [7, 11) is 0. The lowest BCUT2D eigenvalue weighted by Gasteiger charge is -2.08. The normalized spacial score (nSPS) is 11.0. The number of para-hydroxylation sites is 1. The Labute approximate surface area is 131 Å². The van der Waals surface area contributed by atoms with Gasteiger partial charge in [0.1, 0.15) is 11.6 Å². The lowest BCUT2D eigenvalue weighted by atomic mass is 10.1. The topological polar surface area (TPSA) is 17.8 Å². The highest BCUT2D eigenvalue weighted by Crippen LogP contribution is 2.25. The fourth-order valence-electron chi connectivity index (χ4n) is 2.72. The van der Waals surface area contributed by atoms with Crippen LogP contribution in [-0.2, 0) is 0 Å². The van der Waals surface area contributed by atoms with E-state index in [-0.39, 0.29) is 5.56 Å². The zero-order chi connectivity index (χ0) is 15.8. The molecule has 0 aliphatic rings. The van der Waals surface area contributed by atoms with Crippen LogP contribution in [0.3, 0.4) is 0 Å². The first kappa shape index (κ1) is 13.6. The van der Waals surface area contributed by atoms with Crippen LogP contribution in [0.1, 0.15) is 0 Å². The summed E-state index contributed by atoms with van der Waals surface area (Å²) in [5.41, 5.74) is 2.69. The molecule has 0 radical (unpaired) electrons. The molecule has 2 aromatic carbocycles. The number of nitrogens with zero attached hydrogens (tertiary/aromatic N) is 2. The molecule has 0 unspecified atom stereocenters. The van der Waals surface area contributed by atoms with E-state index >= 15 is 0 Å². The van der Waals surface area contributed by atoms with Gasteiger partial charge in [0, 0.05) is 29.7 Å². The van der Waals surface area contributed by atoms with Gasteiger partial charge < -0.3 is 4.57 Å². The Kier molecular flexibility index (Phi) is 3.15. The number of pyridine rings is 1. The van der Waals surface area contributed by atoms with Gasteiger partial charge in [-0.1, -0.05) is 18.2 Å². The van der Waals surface area contributed by atoms with E-state index in [4.69, 9.17) is 0 Å². The molecule has 0 saturated heterocycles. The van der Waals surface area contributed by atoms with E-state index in [2.05, 4.69) is 4.98 Å². The predicted octanol–water partition coefficient (Wildman–Crippen LogP) is 4.97. The van der Waals surface area contributed by atoms with Gasteiger partial charge in [0.2, 0.25) is 0 Å². The van der Waals surface area contributed by atoms with Crippen molar-refractivity contribution < 1.29 is 8.78 Å². The molecule has 4 aromatic rings. The Morgan fingerprint density at radius 1 is 0.870 bits per heavy atom. The minimum absolute atomic E-state index is 0.282. The van der Waals surface area contributed by atoms with Crippen LogP contribution in [-0.4, -0.2) is 9.55 Å². The number of aromatic nitrogens is 2. The van der Waals surface area contributed by atoms with E-state index < -0.39 is 11.6 Å². The van der Waals surface area contributed by atoms with Gasteiger partial charge in [0.25, 0.3) is 0 Å². The minimum Gasteiger partial charge on any atom is -0.316 e. The van der Waals surface area contributed by atoms with Gasteiger partial charge in [-0.15, -0.1) is 0 Å². The Morgan fingerprint density at radius 2 is 1.74 bits per heavy atom. The van der Waals surface area contributed by atoms with Gasteiger partial charge >= 0.3 is 0 Å². The van der Waals surface area contributed by atoms with Crippen molar-refractivity contribution in [3.63, 3.8) is 0 Å². The highest BCUT2D eigenvalue weighted by atomic mass is 19.1. The third kappa shape index (κ3) is 2.38. The quantitative estimate of drug-likeness (QED) is 0.511. The molecular weight excluding hydrogens is 294 g/mol. The lowest BCUT2D eigenvalue weighted by molar-refractivity contribution is 0.585. The molecule has 0 atom stereocenters. The Morgan fingerprint density at radius 3 is 2.61 bits per heavy atom. The van der Waals surface area contributed by atoms with E-state index in [9.17, 15) is 8.78 Å². The van der Waals surface area contributed by atoms with Crippen LogP contribution in [0.4, 0.5) is 8.78 Å². The average Bonchev–Trinajstić information content (AvgIpc) is 2.99. The number of rotatable bonds is 2. The first-order valence-corrected chi connectivity index (χ1v) is 7.20. The second-order valence-electron chi connectivity index (χ2n) is 5.27. The van der Waals surface area contributed by atoms with Crippen molar-refractivity contribution in [1.82, 2.24) is 9.55 Å². The third-order valence-electron chi connectivity index (χ3n) is 3.83. The predicted molar refractivity (Wildman–Crippen MR) is 86.4 cm³/mol. The van der Waals surface area contributed by atoms with Crippen LogP contribution >= 0.6 is 0 Å². The van der Waals surface area contributed by atoms with Crippen molar-refractivity contribution in [2.75, 3.05) is 0 Å². The summed E-state index contributed by atoms with van der Waals surface area (Å²) in [6.45, 7) is 0. The van der Waals surface area contributed by atoms with E-state index in [0.29, 0.717) is 5.69 Å². The van der Waals surface area contributed by atoms with Crippen molar-refractivity contribution in [3.8, 4) is 16.9 Å². The van der Waals surface area contributed by atoms with Gasteiger partial charge in [-0.05, 0) is 41.8 Å². The van der Waals surface area contributed by atoms with Crippen LogP contribution in [0.15, 0.2) is 73.1 Å². The summed E-state index contributed by atoms with van der Waals surface area (Å²) in [5.74, 6) is -1.22. The van der Waals surface area contributed by atoms with Crippen LogP contribution < -0.4 is 0 Å². The largest absolute Gasteiger partial charge is 0.316 e. The maximum atomic E-state index is 14.0. The van der Waals surface area contributed by atoms with Gasteiger partial charge in [-0.2, -0.15) is 0 Å². The molecule has 23 heavy (non-hydrogen) atoms. The standard InChI is InChI=1S/C19H12F2N2/c20-14-5-6-16(17(21)11-14)18-12-15(7-9-22-18)23-10-8-13-3-1-2-4-19(13)23/h1-12H. The summed E-state index contributed by atoms with van der Waals surface area (Å²) < 4.78 is 29.1. The molecule has 2 aromatic heterocycles. The highest BCUT2D eigenvalue weighted by molar-refractivity contribution is 5.82. The molecule has 0 N–H and O–H groups in total. The van der Waals surface area contributed by atoms with Crippen molar-refractivity contribution in [1.29, 1.82) is 0 Å². The maximum absolute atomic E-state index is 14.0. The van der Waals surface area contributed by atoms with Crippen LogP contribution in [0.5, 0.6) is 0 Å². The highest BCUT2D eigenvalue weighted by Gasteiger charge is 2.10. The van der Waals surface area contributed by atoms with Crippen LogP contribution in [0.25, 0.3) is 27.8 Å². The van der Waals surface area contributed by atoms with Gasteiger partial charge in [0.05, 0.1) is 11.2 Å². The maximum Gasteiger partial charge on any atom is 0.135 e. The lowest BCUT2D eigenvalue weighted by Crippen LogP contribution is -1.95. The van der Waals surface area contributed by atoms with Crippen molar-refractivity contribution in [2.24, 2.45) is 0 Å². The zero-order valence-corrected chi connectivity index (χ0v) is 12.1. The van der Waals surface area contributed by atoms with Crippen molar-refractivity contribution >= 4 is 10.9 Å². The summed E-state index contributed by atoms with van der Waals surface area (Å²) in [6, 6.07) is 17.2. The Bertz CT molecular complexity index is 1010. The Balaban J connectivity index is 1.86. The van der Waals surface area contributed by atoms with E-state index in [1.807, 2.05) is 47.2 Å². The van der Waals surface area contributed by atoms with Crippen molar-refractivity contribution in [3.05, 3.63) is 84.7 Å². The molecule has 0 spiro atoms. The summed E-state index contributed by atoms with van der Waals surface area (Å²) in [4.78, 5) is 4.21. The second-order valence-corrected chi connectivity index (χ2v) is 5.27. The van der Waals surface area contributed by atoms with Crippen molar-refractivity contribution in [2.45, 2.75) is 0 Å². The van der Waals surface area contributed by atoms with E-state index in [1.54, 1.807) is 12.3 Å². The van der Waals surface area contributed by atoms with E-state index in [0.717, 1.165) is 22.7 Å². The second kappa shape index (κ2) is 5.32. The molecule has 0 fully saturated rings. The molecule has 0 bridgehead atoms. The molecule has 0 aliphatic heterocycles. The minimum atomic E-state index is -0.619. The Hall–Kier alpha value is -3.01. The van der Waals surface area contributed by atoms with Gasteiger partial charge in [-0.3, -0.25) is 4.98 Å². The fraction of sp³-hybridized carbons (Fsp3) is 0. The molecular formula is C19H12F2N2. The molecule has 4 heteroatoms. The SMILES string of the molecule is Fc1ccc(-c2cc(-n3ccc4ccccc43)ccn2)c(F)c1. The molecule has 2 nitrogen and oxygen atoms in total. The molecule has 0 amide bonds. The first-order valence-electron chi connectivity index (χ1n) is 7.20. The number of fused-ring (bicyclic) bond motifs is 1. The molecule has 2 heterocycles. The van der Waals surface area contributed by atoms with E-state index in [1.165, 1.54) is 12.1 Å². The summed E-state index contributed by atoms with van der Waals surface area (Å²) in [5, 5.41) is 1.12. The molecule has 0 aliphatic carbocycles. The molecule has 0 saturated carbocycles. The summed E-state index contributed by atoms with van der Waals surface area (Å²) in [6.07, 6.45) is 3.59. The van der Waals surface area contributed by atoms with Crippen LogP contribution in [0.2, 0.25) is 0 Å². The molecule has 112 valence electrons. The first-order chi connectivity index (χ1) is 11.2. The number of hydrogen-bond acceptors (Lipinski definition) is 1. The van der Waals surface area contributed by atoms with Gasteiger partial charge in [0.15, 0.2) is 0 Å². The van der Waals surface area contributed by atoms with Crippen LogP contribution in [0, 0.1) is 11.6 Å². The average molecular weight is 306 g/mol. The number of benzene rings is 2. The number of halogens is 2. The summed E-state index contributed by atoms with van der Waals surface area (Å²) >= 11 is 0.